The first-order valence-electron chi connectivity index (χ1n) is 23.0. The molecule has 1 heterocycles. The summed E-state index contributed by atoms with van der Waals surface area (Å²) >= 11 is 0. The molecule has 4 aromatic rings. The molecule has 356 valence electrons. The predicted molar refractivity (Wildman–Crippen MR) is 255 cm³/mol. The summed E-state index contributed by atoms with van der Waals surface area (Å²) in [5, 5.41) is 27.7. The molecule has 2 amide bonds. The minimum Gasteiger partial charge on any atom is -0.497 e. The van der Waals surface area contributed by atoms with Crippen LogP contribution < -0.4 is 29.0 Å². The van der Waals surface area contributed by atoms with Crippen LogP contribution in [0.5, 0.6) is 28.7 Å². The van der Waals surface area contributed by atoms with Crippen molar-refractivity contribution in [1.29, 1.82) is 0 Å². The number of methoxy groups -OCH3 is 3. The summed E-state index contributed by atoms with van der Waals surface area (Å²) in [6.07, 6.45) is 7.85. The lowest BCUT2D eigenvalue weighted by Crippen LogP contribution is -2.69. The quantitative estimate of drug-likeness (QED) is 0.0392. The molecule has 3 N–H and O–H groups in total. The highest BCUT2D eigenvalue weighted by Crippen LogP contribution is 2.62. The van der Waals surface area contributed by atoms with Crippen LogP contribution in [0.4, 0.5) is 10.5 Å². The number of unbranched alkanes of at least 4 members (excludes halogenated alkanes) is 2. The number of benzene rings is 4. The first-order valence-corrected chi connectivity index (χ1v) is 23.0. The van der Waals surface area contributed by atoms with Crippen LogP contribution in [0.15, 0.2) is 120 Å². The SMILES string of the molecule is C=CCO[C@@]12Oc3ccc(OC(=O)Nc4ccc(OC)cc4OC)cc3[C@H]3[C@H](CCCCO)[C@@H](CCCCO)C=C(C(=NOCc4ccccc4)C[C@@H]1N(C)C(=O)Cc1cccc(OC)c1)[C@H]32. The lowest BCUT2D eigenvalue weighted by atomic mass is 9.55. The maximum atomic E-state index is 14.6. The number of hydrogen-bond acceptors (Lipinski definition) is 12. The molecule has 0 unspecified atom stereocenters. The summed E-state index contributed by atoms with van der Waals surface area (Å²) in [6.45, 7) is 4.48. The van der Waals surface area contributed by atoms with E-state index < -0.39 is 23.8 Å². The van der Waals surface area contributed by atoms with Gasteiger partial charge in [0.1, 0.15) is 41.4 Å². The van der Waals surface area contributed by atoms with Crippen molar-refractivity contribution in [3.05, 3.63) is 132 Å². The number of rotatable bonds is 22. The molecule has 0 saturated heterocycles. The lowest BCUT2D eigenvalue weighted by molar-refractivity contribution is -0.255. The Morgan fingerprint density at radius 1 is 0.866 bits per heavy atom. The maximum Gasteiger partial charge on any atom is 0.417 e. The standard InChI is InChI=1S/C53H63N3O11/c1-6-27-64-53-48(56(2)49(59)29-36-17-14-19-38(28-36)61-3)33-45(55-65-34-35-15-8-7-9-16-35)42-30-37(18-10-12-25-57)41(20-11-13-26-58)50(51(42)53)43-31-40(22-24-46(43)67-53)66-52(60)54-44-23-21-39(62-4)32-47(44)63-5/h6-9,14-17,19,21-24,28,30-32,37,41,48,50-51,57-58H,1,10-13,18,20,25-27,29,33-34H2,2-5H3,(H,54,60)/t37-,41+,48-,50+,51+,53+/m0/s1. The van der Waals surface area contributed by atoms with Crippen molar-refractivity contribution in [1.82, 2.24) is 4.90 Å². The molecule has 1 aliphatic heterocycles. The second-order valence-corrected chi connectivity index (χ2v) is 17.1. The van der Waals surface area contributed by atoms with E-state index in [9.17, 15) is 19.8 Å². The number of carbonyl (C=O) groups is 2. The Balaban J connectivity index is 1.36. The van der Waals surface area contributed by atoms with E-state index in [0.29, 0.717) is 47.2 Å². The Morgan fingerprint density at radius 3 is 2.33 bits per heavy atom. The van der Waals surface area contributed by atoms with Crippen molar-refractivity contribution in [3.63, 3.8) is 0 Å². The fourth-order valence-corrected chi connectivity index (χ4v) is 9.95. The Morgan fingerprint density at radius 2 is 1.60 bits per heavy atom. The first kappa shape index (κ1) is 48.6. The fraction of sp³-hybridized carbons (Fsp3) is 0.415. The molecule has 67 heavy (non-hydrogen) atoms. The lowest BCUT2D eigenvalue weighted by Gasteiger charge is -2.59. The second-order valence-electron chi connectivity index (χ2n) is 17.1. The molecular formula is C53H63N3O11. The largest absolute Gasteiger partial charge is 0.497 e. The van der Waals surface area contributed by atoms with Crippen LogP contribution in [-0.4, -0.2) is 92.9 Å². The summed E-state index contributed by atoms with van der Waals surface area (Å²) in [5.74, 6) is -0.111. The van der Waals surface area contributed by atoms with Crippen molar-refractivity contribution in [2.75, 3.05) is 53.5 Å². The number of amides is 2. The molecule has 1 saturated carbocycles. The van der Waals surface area contributed by atoms with E-state index in [2.05, 4.69) is 18.0 Å². The molecule has 14 heteroatoms. The number of carbonyl (C=O) groups excluding carboxylic acids is 2. The maximum absolute atomic E-state index is 14.6. The van der Waals surface area contributed by atoms with Crippen LogP contribution in [0, 0.1) is 17.8 Å². The van der Waals surface area contributed by atoms with Crippen molar-refractivity contribution in [2.45, 2.75) is 75.7 Å². The number of hydrogen-bond donors (Lipinski definition) is 3. The zero-order valence-corrected chi connectivity index (χ0v) is 38.9. The smallest absolute Gasteiger partial charge is 0.417 e. The van der Waals surface area contributed by atoms with E-state index in [1.54, 1.807) is 62.6 Å². The van der Waals surface area contributed by atoms with Crippen molar-refractivity contribution in [3.8, 4) is 28.7 Å². The molecule has 0 spiro atoms. The number of likely N-dealkylation sites (N-methyl/N-ethyl adjacent to an activating group) is 1. The minimum absolute atomic E-state index is 0.00301. The summed E-state index contributed by atoms with van der Waals surface area (Å²) < 4.78 is 36.7. The highest BCUT2D eigenvalue weighted by molar-refractivity contribution is 6.03. The summed E-state index contributed by atoms with van der Waals surface area (Å²) in [4.78, 5) is 36.2. The van der Waals surface area contributed by atoms with Gasteiger partial charge < -0.3 is 48.4 Å². The third-order valence-corrected chi connectivity index (χ3v) is 13.1. The highest BCUT2D eigenvalue weighted by atomic mass is 16.7. The van der Waals surface area contributed by atoms with Crippen molar-refractivity contribution in [2.24, 2.45) is 22.9 Å². The van der Waals surface area contributed by atoms with E-state index >= 15 is 0 Å². The second kappa shape index (κ2) is 22.9. The summed E-state index contributed by atoms with van der Waals surface area (Å²) in [7, 11) is 6.43. The molecule has 4 aromatic carbocycles. The molecule has 1 fully saturated rings. The van der Waals surface area contributed by atoms with Crippen molar-refractivity contribution >= 4 is 23.4 Å². The van der Waals surface area contributed by atoms with Gasteiger partial charge in [-0.3, -0.25) is 10.1 Å². The molecule has 0 bridgehead atoms. The first-order chi connectivity index (χ1) is 32.7. The summed E-state index contributed by atoms with van der Waals surface area (Å²) in [6, 6.07) is 26.9. The minimum atomic E-state index is -1.45. The number of ether oxygens (including phenoxy) is 6. The fourth-order valence-electron chi connectivity index (χ4n) is 9.95. The van der Waals surface area contributed by atoms with E-state index in [0.717, 1.165) is 47.9 Å². The van der Waals surface area contributed by atoms with Gasteiger partial charge in [-0.1, -0.05) is 72.6 Å². The van der Waals surface area contributed by atoms with Crippen LogP contribution in [0.2, 0.25) is 0 Å². The Labute approximate surface area is 393 Å². The van der Waals surface area contributed by atoms with E-state index in [-0.39, 0.29) is 68.7 Å². The molecular weight excluding hydrogens is 855 g/mol. The van der Waals surface area contributed by atoms with E-state index in [1.165, 1.54) is 7.11 Å². The third kappa shape index (κ3) is 11.1. The number of oxime groups is 1. The molecule has 3 aliphatic rings. The molecule has 0 aromatic heterocycles. The van der Waals surface area contributed by atoms with Gasteiger partial charge in [0.05, 0.1) is 51.7 Å². The number of aliphatic hydroxyl groups is 2. The highest BCUT2D eigenvalue weighted by Gasteiger charge is 2.65. The van der Waals surface area contributed by atoms with E-state index in [4.69, 9.17) is 38.4 Å². The van der Waals surface area contributed by atoms with Gasteiger partial charge in [0.25, 0.3) is 0 Å². The van der Waals surface area contributed by atoms with Gasteiger partial charge in [-0.05, 0) is 96.7 Å². The Kier molecular flexibility index (Phi) is 16.6. The third-order valence-electron chi connectivity index (χ3n) is 13.1. The van der Waals surface area contributed by atoms with Crippen LogP contribution in [0.3, 0.4) is 0 Å². The van der Waals surface area contributed by atoms with Gasteiger partial charge >= 0.3 is 6.09 Å². The topological polar surface area (TPSA) is 167 Å². The zero-order valence-electron chi connectivity index (χ0n) is 38.9. The molecule has 7 rings (SSSR count). The van der Waals surface area contributed by atoms with Crippen LogP contribution in [-0.2, 0) is 27.4 Å². The van der Waals surface area contributed by atoms with Gasteiger partial charge in [0, 0.05) is 44.2 Å². The van der Waals surface area contributed by atoms with Crippen molar-refractivity contribution < 1.29 is 53.1 Å². The predicted octanol–water partition coefficient (Wildman–Crippen LogP) is 8.86. The van der Waals surface area contributed by atoms with Gasteiger partial charge in [-0.2, -0.15) is 0 Å². The van der Waals surface area contributed by atoms with Crippen LogP contribution in [0.1, 0.15) is 67.6 Å². The van der Waals surface area contributed by atoms with Gasteiger partial charge in [0.15, 0.2) is 0 Å². The molecule has 0 radical (unpaired) electrons. The monoisotopic (exact) mass is 917 g/mol. The van der Waals surface area contributed by atoms with Gasteiger partial charge in [0.2, 0.25) is 11.7 Å². The van der Waals surface area contributed by atoms with Crippen LogP contribution in [0.25, 0.3) is 0 Å². The average molecular weight is 918 g/mol. The number of nitrogens with one attached hydrogen (secondary N) is 1. The van der Waals surface area contributed by atoms with Crippen LogP contribution >= 0.6 is 0 Å². The number of fused-ring (bicyclic) bond motifs is 2. The van der Waals surface area contributed by atoms with E-state index in [1.807, 2.05) is 60.7 Å². The number of anilines is 1. The Hall–Kier alpha value is -6.35. The number of nitrogens with zero attached hydrogens (tertiary/aromatic N) is 2. The summed E-state index contributed by atoms with van der Waals surface area (Å²) in [5.41, 5.74) is 4.50. The normalized spacial score (nSPS) is 22.0. The number of allylic oxidation sites excluding steroid dienone is 1. The molecule has 6 atom stereocenters. The molecule has 2 aliphatic carbocycles. The molecule has 14 nitrogen and oxygen atoms in total. The average Bonchev–Trinajstić information content (AvgIpc) is 3.34. The van der Waals surface area contributed by atoms with Gasteiger partial charge in [-0.25, -0.2) is 4.79 Å². The Bertz CT molecular complexity index is 2390. The van der Waals surface area contributed by atoms with Gasteiger partial charge in [-0.15, -0.1) is 6.58 Å². The zero-order chi connectivity index (χ0) is 47.3. The number of aliphatic hydroxyl groups excluding tert-OH is 2.